The lowest BCUT2D eigenvalue weighted by Crippen LogP contribution is -2.14. The van der Waals surface area contributed by atoms with E-state index in [9.17, 15) is 9.18 Å². The molecule has 0 atom stereocenters. The molecule has 0 aliphatic heterocycles. The molecule has 0 aliphatic carbocycles. The van der Waals surface area contributed by atoms with Crippen molar-refractivity contribution in [2.24, 2.45) is 0 Å². The number of thiazole rings is 1. The highest BCUT2D eigenvalue weighted by Crippen LogP contribution is 2.19. The van der Waals surface area contributed by atoms with Crippen LogP contribution in [0, 0.1) is 5.82 Å². The van der Waals surface area contributed by atoms with Crippen LogP contribution < -0.4 is 10.9 Å². The fraction of sp³-hybridized carbons (Fsp3) is 0.0769. The van der Waals surface area contributed by atoms with Crippen LogP contribution in [-0.2, 0) is 6.54 Å². The summed E-state index contributed by atoms with van der Waals surface area (Å²) in [5.74, 6) is -0.353. The zero-order valence-electron chi connectivity index (χ0n) is 10.1. The maximum absolute atomic E-state index is 13.7. The first-order valence-electron chi connectivity index (χ1n) is 5.78. The number of hydrogen-bond donors (Lipinski definition) is 1. The molecule has 0 bridgehead atoms. The Balaban J connectivity index is 1.84. The Morgan fingerprint density at radius 2 is 2.25 bits per heavy atom. The minimum absolute atomic E-state index is 0.135. The number of nitrogens with one attached hydrogen (secondary N) is 1. The Kier molecular flexibility index (Phi) is 3.54. The van der Waals surface area contributed by atoms with Crippen molar-refractivity contribution in [3.63, 3.8) is 0 Å². The quantitative estimate of drug-likeness (QED) is 0.785. The van der Waals surface area contributed by atoms with Crippen LogP contribution in [0.1, 0.15) is 5.69 Å². The monoisotopic (exact) mass is 353 g/mol. The van der Waals surface area contributed by atoms with Gasteiger partial charge < -0.3 is 5.32 Å². The van der Waals surface area contributed by atoms with E-state index in [2.05, 4.69) is 26.2 Å². The van der Waals surface area contributed by atoms with Crippen molar-refractivity contribution >= 4 is 37.9 Å². The van der Waals surface area contributed by atoms with Gasteiger partial charge >= 0.3 is 0 Å². The summed E-state index contributed by atoms with van der Waals surface area (Å²) in [5.41, 5.74) is 0.825. The van der Waals surface area contributed by atoms with Crippen LogP contribution in [0.3, 0.4) is 0 Å². The Labute approximate surface area is 126 Å². The second-order valence-electron chi connectivity index (χ2n) is 4.12. The summed E-state index contributed by atoms with van der Waals surface area (Å²) in [7, 11) is 0. The smallest absolute Gasteiger partial charge is 0.258 e. The van der Waals surface area contributed by atoms with E-state index in [1.54, 1.807) is 23.7 Å². The first-order chi connectivity index (χ1) is 9.63. The van der Waals surface area contributed by atoms with Gasteiger partial charge in [0.15, 0.2) is 4.96 Å². The van der Waals surface area contributed by atoms with E-state index < -0.39 is 0 Å². The summed E-state index contributed by atoms with van der Waals surface area (Å²) in [6.07, 6.45) is 1.68. The second-order valence-corrected chi connectivity index (χ2v) is 5.91. The Morgan fingerprint density at radius 1 is 1.40 bits per heavy atom. The van der Waals surface area contributed by atoms with Gasteiger partial charge in [-0.2, -0.15) is 0 Å². The number of benzene rings is 1. The summed E-state index contributed by atoms with van der Waals surface area (Å²) in [6, 6.07) is 6.21. The average molecular weight is 354 g/mol. The van der Waals surface area contributed by atoms with Gasteiger partial charge in [0, 0.05) is 22.1 Å². The molecule has 102 valence electrons. The number of anilines is 1. The SMILES string of the molecule is O=c1cc(CNc2ccc(Br)cc2F)nc2sccn12. The predicted molar refractivity (Wildman–Crippen MR) is 80.8 cm³/mol. The average Bonchev–Trinajstić information content (AvgIpc) is 2.86. The van der Waals surface area contributed by atoms with E-state index >= 15 is 0 Å². The molecule has 2 heterocycles. The molecule has 3 aromatic rings. The number of hydrogen-bond acceptors (Lipinski definition) is 4. The van der Waals surface area contributed by atoms with E-state index in [1.807, 2.05) is 0 Å². The van der Waals surface area contributed by atoms with Crippen molar-refractivity contribution in [2.75, 3.05) is 5.32 Å². The van der Waals surface area contributed by atoms with Gasteiger partial charge in [0.2, 0.25) is 0 Å². The second kappa shape index (κ2) is 5.34. The van der Waals surface area contributed by atoms with Gasteiger partial charge in [0.05, 0.1) is 17.9 Å². The number of rotatable bonds is 3. The zero-order valence-corrected chi connectivity index (χ0v) is 12.5. The highest BCUT2D eigenvalue weighted by molar-refractivity contribution is 9.10. The molecule has 0 radical (unpaired) electrons. The molecule has 0 saturated carbocycles. The van der Waals surface area contributed by atoms with E-state index in [-0.39, 0.29) is 11.4 Å². The number of halogens is 2. The number of fused-ring (bicyclic) bond motifs is 1. The number of aromatic nitrogens is 2. The molecule has 0 saturated heterocycles. The Morgan fingerprint density at radius 3 is 3.05 bits per heavy atom. The zero-order chi connectivity index (χ0) is 14.1. The summed E-state index contributed by atoms with van der Waals surface area (Å²) >= 11 is 4.59. The maximum Gasteiger partial charge on any atom is 0.258 e. The summed E-state index contributed by atoms with van der Waals surface area (Å²) < 4.78 is 15.8. The van der Waals surface area contributed by atoms with Crippen LogP contribution in [0.4, 0.5) is 10.1 Å². The van der Waals surface area contributed by atoms with Crippen molar-refractivity contribution < 1.29 is 4.39 Å². The molecule has 0 unspecified atom stereocenters. The fourth-order valence-corrected chi connectivity index (χ4v) is 2.87. The van der Waals surface area contributed by atoms with Crippen molar-refractivity contribution in [2.45, 2.75) is 6.54 Å². The molecule has 1 aromatic carbocycles. The van der Waals surface area contributed by atoms with Crippen LogP contribution in [-0.4, -0.2) is 9.38 Å². The molecule has 0 amide bonds. The summed E-state index contributed by atoms with van der Waals surface area (Å²) in [5, 5.41) is 4.74. The van der Waals surface area contributed by atoms with Crippen molar-refractivity contribution in [3.8, 4) is 0 Å². The van der Waals surface area contributed by atoms with E-state index in [4.69, 9.17) is 0 Å². The molecule has 0 aliphatic rings. The van der Waals surface area contributed by atoms with Crippen molar-refractivity contribution in [1.82, 2.24) is 9.38 Å². The van der Waals surface area contributed by atoms with Gasteiger partial charge in [-0.1, -0.05) is 15.9 Å². The topological polar surface area (TPSA) is 46.4 Å². The third kappa shape index (κ3) is 2.59. The van der Waals surface area contributed by atoms with Crippen molar-refractivity contribution in [1.29, 1.82) is 0 Å². The van der Waals surface area contributed by atoms with Crippen LogP contribution >= 0.6 is 27.3 Å². The lowest BCUT2D eigenvalue weighted by atomic mass is 10.3. The number of nitrogens with zero attached hydrogens (tertiary/aromatic N) is 2. The lowest BCUT2D eigenvalue weighted by molar-refractivity contribution is 0.629. The van der Waals surface area contributed by atoms with Crippen LogP contribution in [0.15, 0.2) is 45.1 Å². The molecular formula is C13H9BrFN3OS. The Hall–Kier alpha value is -1.73. The molecule has 3 rings (SSSR count). The van der Waals surface area contributed by atoms with Crippen LogP contribution in [0.25, 0.3) is 4.96 Å². The molecule has 0 fully saturated rings. The van der Waals surface area contributed by atoms with Gasteiger partial charge in [-0.25, -0.2) is 9.37 Å². The molecular weight excluding hydrogens is 345 g/mol. The highest BCUT2D eigenvalue weighted by atomic mass is 79.9. The van der Waals surface area contributed by atoms with Crippen molar-refractivity contribution in [3.05, 3.63) is 62.2 Å². The van der Waals surface area contributed by atoms with E-state index in [0.29, 0.717) is 27.4 Å². The normalized spacial score (nSPS) is 10.9. The molecule has 7 heteroatoms. The molecule has 20 heavy (non-hydrogen) atoms. The van der Waals surface area contributed by atoms with E-state index in [0.717, 1.165) is 0 Å². The minimum atomic E-state index is -0.353. The highest BCUT2D eigenvalue weighted by Gasteiger charge is 2.05. The first kappa shape index (κ1) is 13.3. The molecule has 0 spiro atoms. The molecule has 4 nitrogen and oxygen atoms in total. The third-order valence-corrected chi connectivity index (χ3v) is 4.00. The van der Waals surface area contributed by atoms with Gasteiger partial charge in [-0.05, 0) is 18.2 Å². The summed E-state index contributed by atoms with van der Waals surface area (Å²) in [6.45, 7) is 0.294. The maximum atomic E-state index is 13.7. The Bertz CT molecular complexity index is 830. The predicted octanol–water partition coefficient (Wildman–Crippen LogP) is 3.27. The van der Waals surface area contributed by atoms with Gasteiger partial charge in [-0.3, -0.25) is 9.20 Å². The fourth-order valence-electron chi connectivity index (χ4n) is 1.80. The van der Waals surface area contributed by atoms with Crippen LogP contribution in [0.5, 0.6) is 0 Å². The van der Waals surface area contributed by atoms with Gasteiger partial charge in [-0.15, -0.1) is 11.3 Å². The van der Waals surface area contributed by atoms with Gasteiger partial charge in [0.1, 0.15) is 5.82 Å². The molecule has 1 N–H and O–H groups in total. The minimum Gasteiger partial charge on any atom is -0.377 e. The first-order valence-corrected chi connectivity index (χ1v) is 7.45. The van der Waals surface area contributed by atoms with Gasteiger partial charge in [0.25, 0.3) is 5.56 Å². The van der Waals surface area contributed by atoms with E-state index in [1.165, 1.54) is 27.9 Å². The third-order valence-electron chi connectivity index (χ3n) is 2.75. The van der Waals surface area contributed by atoms with Crippen LogP contribution in [0.2, 0.25) is 0 Å². The lowest BCUT2D eigenvalue weighted by Gasteiger charge is -2.07. The standard InChI is InChI=1S/C13H9BrFN3OS/c14-8-1-2-11(10(15)5-8)16-7-9-6-12(19)18-3-4-20-13(18)17-9/h1-6,16H,7H2. The largest absolute Gasteiger partial charge is 0.377 e. The molecule has 2 aromatic heterocycles. The summed E-state index contributed by atoms with van der Waals surface area (Å²) in [4.78, 5) is 16.8.